The monoisotopic (exact) mass is 397 g/mol. The summed E-state index contributed by atoms with van der Waals surface area (Å²) in [5, 5.41) is 3.09. The quantitative estimate of drug-likeness (QED) is 0.788. The summed E-state index contributed by atoms with van der Waals surface area (Å²) in [4.78, 5) is 12.6. The molecule has 3 rings (SSSR count). The van der Waals surface area contributed by atoms with Gasteiger partial charge in [0.1, 0.15) is 22.8 Å². The normalized spacial score (nSPS) is 17.7. The Bertz CT molecular complexity index is 865. The standard InChI is InChI=1S/C24H31NO4/c1-23(2,3)16-7-9-17(10-8-16)28-15-22(26)25-20-14-24(4,5)29-21-13-18(27-6)11-12-19(20)21/h7-13,20H,14-15H2,1-6H3,(H,25,26)/t20-/m0/s1. The summed E-state index contributed by atoms with van der Waals surface area (Å²) in [6, 6.07) is 13.4. The van der Waals surface area contributed by atoms with E-state index < -0.39 is 0 Å². The highest BCUT2D eigenvalue weighted by Gasteiger charge is 2.34. The fraction of sp³-hybridized carbons (Fsp3) is 0.458. The lowest BCUT2D eigenvalue weighted by atomic mass is 9.87. The smallest absolute Gasteiger partial charge is 0.258 e. The van der Waals surface area contributed by atoms with E-state index in [9.17, 15) is 4.79 Å². The van der Waals surface area contributed by atoms with Crippen LogP contribution in [0.1, 0.15) is 58.2 Å². The van der Waals surface area contributed by atoms with Crippen molar-refractivity contribution in [1.29, 1.82) is 0 Å². The number of carbonyl (C=O) groups excluding carboxylic acids is 1. The Morgan fingerprint density at radius 3 is 2.41 bits per heavy atom. The molecule has 0 aliphatic carbocycles. The molecule has 2 aromatic rings. The first kappa shape index (κ1) is 21.0. The van der Waals surface area contributed by atoms with Gasteiger partial charge >= 0.3 is 0 Å². The number of ether oxygens (including phenoxy) is 3. The number of fused-ring (bicyclic) bond motifs is 1. The second kappa shape index (κ2) is 7.97. The molecule has 0 fully saturated rings. The van der Waals surface area contributed by atoms with Gasteiger partial charge in [-0.05, 0) is 49.1 Å². The summed E-state index contributed by atoms with van der Waals surface area (Å²) >= 11 is 0. The van der Waals surface area contributed by atoms with Gasteiger partial charge in [0.05, 0.1) is 13.2 Å². The molecule has 1 aliphatic rings. The molecular weight excluding hydrogens is 366 g/mol. The fourth-order valence-corrected chi connectivity index (χ4v) is 3.52. The van der Waals surface area contributed by atoms with Crippen LogP contribution in [0.15, 0.2) is 42.5 Å². The Morgan fingerprint density at radius 2 is 1.79 bits per heavy atom. The Balaban J connectivity index is 1.65. The maximum absolute atomic E-state index is 12.6. The lowest BCUT2D eigenvalue weighted by Gasteiger charge is -2.38. The fourth-order valence-electron chi connectivity index (χ4n) is 3.52. The van der Waals surface area contributed by atoms with Crippen molar-refractivity contribution < 1.29 is 19.0 Å². The van der Waals surface area contributed by atoms with E-state index in [-0.39, 0.29) is 29.6 Å². The number of carbonyl (C=O) groups is 1. The number of rotatable bonds is 5. The predicted molar refractivity (Wildman–Crippen MR) is 114 cm³/mol. The summed E-state index contributed by atoms with van der Waals surface area (Å²) < 4.78 is 17.1. The van der Waals surface area contributed by atoms with E-state index in [0.29, 0.717) is 12.2 Å². The zero-order valence-electron chi connectivity index (χ0n) is 18.2. The number of hydrogen-bond donors (Lipinski definition) is 1. The SMILES string of the molecule is COc1ccc2c(c1)OC(C)(C)C[C@@H]2NC(=O)COc1ccc(C(C)(C)C)cc1. The van der Waals surface area contributed by atoms with Crippen molar-refractivity contribution in [3.8, 4) is 17.2 Å². The lowest BCUT2D eigenvalue weighted by molar-refractivity contribution is -0.124. The molecule has 2 aromatic carbocycles. The van der Waals surface area contributed by atoms with E-state index in [1.807, 2.05) is 56.3 Å². The summed E-state index contributed by atoms with van der Waals surface area (Å²) in [5.74, 6) is 2.00. The number of methoxy groups -OCH3 is 1. The van der Waals surface area contributed by atoms with Crippen molar-refractivity contribution in [2.75, 3.05) is 13.7 Å². The Morgan fingerprint density at radius 1 is 1.14 bits per heavy atom. The maximum Gasteiger partial charge on any atom is 0.258 e. The Hall–Kier alpha value is -2.69. The van der Waals surface area contributed by atoms with Crippen LogP contribution in [-0.4, -0.2) is 25.2 Å². The molecule has 0 spiro atoms. The van der Waals surface area contributed by atoms with Gasteiger partial charge in [-0.3, -0.25) is 4.79 Å². The topological polar surface area (TPSA) is 56.8 Å². The number of hydrogen-bond acceptors (Lipinski definition) is 4. The average molecular weight is 398 g/mol. The van der Waals surface area contributed by atoms with Gasteiger partial charge in [0, 0.05) is 18.1 Å². The third kappa shape index (κ3) is 5.22. The summed E-state index contributed by atoms with van der Waals surface area (Å²) in [6.45, 7) is 10.5. The van der Waals surface area contributed by atoms with Gasteiger partial charge in [0.2, 0.25) is 0 Å². The van der Waals surface area contributed by atoms with Gasteiger partial charge in [-0.2, -0.15) is 0 Å². The van der Waals surface area contributed by atoms with Crippen LogP contribution in [0, 0.1) is 0 Å². The minimum atomic E-state index is -0.388. The third-order valence-corrected chi connectivity index (χ3v) is 5.10. The third-order valence-electron chi connectivity index (χ3n) is 5.10. The van der Waals surface area contributed by atoms with Crippen LogP contribution in [0.2, 0.25) is 0 Å². The first-order valence-corrected chi connectivity index (χ1v) is 9.97. The second-order valence-electron chi connectivity index (χ2n) is 9.15. The predicted octanol–water partition coefficient (Wildman–Crippen LogP) is 4.79. The van der Waals surface area contributed by atoms with E-state index in [1.54, 1.807) is 7.11 Å². The van der Waals surface area contributed by atoms with Gasteiger partial charge in [-0.15, -0.1) is 0 Å². The molecular formula is C24H31NO4. The molecule has 5 nitrogen and oxygen atoms in total. The molecule has 1 aliphatic heterocycles. The zero-order chi connectivity index (χ0) is 21.2. The molecule has 5 heteroatoms. The molecule has 1 amide bonds. The van der Waals surface area contributed by atoms with Gasteiger partial charge in [0.25, 0.3) is 5.91 Å². The highest BCUT2D eigenvalue weighted by atomic mass is 16.5. The lowest BCUT2D eigenvalue weighted by Crippen LogP contribution is -2.42. The van der Waals surface area contributed by atoms with Crippen LogP contribution in [0.25, 0.3) is 0 Å². The maximum atomic E-state index is 12.6. The first-order chi connectivity index (χ1) is 13.6. The van der Waals surface area contributed by atoms with E-state index in [4.69, 9.17) is 14.2 Å². The van der Waals surface area contributed by atoms with Crippen LogP contribution in [0.4, 0.5) is 0 Å². The average Bonchev–Trinajstić information content (AvgIpc) is 2.64. The largest absolute Gasteiger partial charge is 0.497 e. The Labute approximate surface area is 173 Å². The van der Waals surface area contributed by atoms with Crippen LogP contribution in [-0.2, 0) is 10.2 Å². The number of nitrogens with one attached hydrogen (secondary N) is 1. The minimum Gasteiger partial charge on any atom is -0.497 e. The molecule has 0 aromatic heterocycles. The molecule has 0 unspecified atom stereocenters. The van der Waals surface area contributed by atoms with Gasteiger partial charge in [-0.25, -0.2) is 0 Å². The molecule has 156 valence electrons. The van der Waals surface area contributed by atoms with Gasteiger partial charge < -0.3 is 19.5 Å². The molecule has 1 atom stereocenters. The molecule has 1 N–H and O–H groups in total. The van der Waals surface area contributed by atoms with Crippen LogP contribution in [0.5, 0.6) is 17.2 Å². The molecule has 29 heavy (non-hydrogen) atoms. The molecule has 0 saturated carbocycles. The minimum absolute atomic E-state index is 0.0296. The second-order valence-corrected chi connectivity index (χ2v) is 9.15. The Kier molecular flexibility index (Phi) is 5.78. The molecule has 1 heterocycles. The van der Waals surface area contributed by atoms with Crippen molar-refractivity contribution in [2.45, 2.75) is 58.1 Å². The van der Waals surface area contributed by atoms with Crippen LogP contribution >= 0.6 is 0 Å². The zero-order valence-corrected chi connectivity index (χ0v) is 18.2. The summed E-state index contributed by atoms with van der Waals surface area (Å²) in [7, 11) is 1.63. The van der Waals surface area contributed by atoms with Crippen molar-refractivity contribution in [3.05, 3.63) is 53.6 Å². The molecule has 0 radical (unpaired) electrons. The summed E-state index contributed by atoms with van der Waals surface area (Å²) in [6.07, 6.45) is 0.679. The number of amides is 1. The molecule has 0 saturated heterocycles. The van der Waals surface area contributed by atoms with Crippen molar-refractivity contribution in [2.24, 2.45) is 0 Å². The summed E-state index contributed by atoms with van der Waals surface area (Å²) in [5.41, 5.74) is 1.88. The number of benzene rings is 2. The van der Waals surface area contributed by atoms with Crippen molar-refractivity contribution in [1.82, 2.24) is 5.32 Å². The van der Waals surface area contributed by atoms with Crippen molar-refractivity contribution >= 4 is 5.91 Å². The molecule has 0 bridgehead atoms. The van der Waals surface area contributed by atoms with Gasteiger partial charge in [0.15, 0.2) is 6.61 Å². The van der Waals surface area contributed by atoms with Crippen molar-refractivity contribution in [3.63, 3.8) is 0 Å². The highest BCUT2D eigenvalue weighted by molar-refractivity contribution is 5.78. The van der Waals surface area contributed by atoms with E-state index in [0.717, 1.165) is 17.1 Å². The highest BCUT2D eigenvalue weighted by Crippen LogP contribution is 2.41. The van der Waals surface area contributed by atoms with Gasteiger partial charge in [-0.1, -0.05) is 32.9 Å². The first-order valence-electron chi connectivity index (χ1n) is 9.97. The van der Waals surface area contributed by atoms with Crippen LogP contribution in [0.3, 0.4) is 0 Å². The van der Waals surface area contributed by atoms with E-state index in [1.165, 1.54) is 5.56 Å². The van der Waals surface area contributed by atoms with E-state index in [2.05, 4.69) is 26.1 Å². The van der Waals surface area contributed by atoms with Crippen LogP contribution < -0.4 is 19.5 Å². The van der Waals surface area contributed by atoms with E-state index >= 15 is 0 Å².